The first kappa shape index (κ1) is 17.1. The second-order valence-corrected chi connectivity index (χ2v) is 4.91. The van der Waals surface area contributed by atoms with Crippen LogP contribution in [0.4, 0.5) is 39.5 Å². The van der Waals surface area contributed by atoms with Crippen LogP contribution in [0.25, 0.3) is 0 Å². The predicted octanol–water partition coefficient (Wildman–Crippen LogP) is 4.48. The van der Waals surface area contributed by atoms with Crippen molar-refractivity contribution in [1.82, 2.24) is 0 Å². The predicted molar refractivity (Wildman–Crippen MR) is 48.7 cm³/mol. The molecular weight excluding hydrogens is 382 g/mol. The monoisotopic (exact) mass is 387 g/mol. The van der Waals surface area contributed by atoms with Crippen LogP contribution < -0.4 is 0 Å². The van der Waals surface area contributed by atoms with E-state index >= 15 is 0 Å². The summed E-state index contributed by atoms with van der Waals surface area (Å²) in [6.45, 7) is 2.83. The Morgan fingerprint density at radius 3 is 1.41 bits per heavy atom. The Kier molecular flexibility index (Phi) is 4.68. The van der Waals surface area contributed by atoms with Gasteiger partial charge in [-0.15, -0.1) is 0 Å². The maximum atomic E-state index is 12.7. The highest BCUT2D eigenvalue weighted by atomic mass is 127. The van der Waals surface area contributed by atoms with Gasteiger partial charge in [-0.3, -0.25) is 0 Å². The van der Waals surface area contributed by atoms with Crippen LogP contribution >= 0.6 is 22.6 Å². The summed E-state index contributed by atoms with van der Waals surface area (Å²) in [5.41, 5.74) is 0. The van der Waals surface area contributed by atoms with Crippen molar-refractivity contribution in [1.29, 1.82) is 0 Å². The van der Waals surface area contributed by atoms with Gasteiger partial charge in [-0.2, -0.15) is 39.5 Å². The minimum absolute atomic E-state index is 1.11. The lowest BCUT2D eigenvalue weighted by atomic mass is 10.00. The van der Waals surface area contributed by atoms with E-state index in [-0.39, 0.29) is 0 Å². The van der Waals surface area contributed by atoms with Gasteiger partial charge < -0.3 is 0 Å². The first-order valence-electron chi connectivity index (χ1n) is 3.84. The molecule has 0 aliphatic carbocycles. The van der Waals surface area contributed by atoms with Crippen LogP contribution in [0, 0.1) is 6.92 Å². The Hall–Kier alpha value is 0.1000. The van der Waals surface area contributed by atoms with Gasteiger partial charge in [0, 0.05) is 10.3 Å². The summed E-state index contributed by atoms with van der Waals surface area (Å²) in [4.78, 5) is 0. The van der Waals surface area contributed by atoms with E-state index in [1.807, 2.05) is 0 Å². The fourth-order valence-corrected chi connectivity index (χ4v) is 1.37. The number of rotatable bonds is 4. The molecule has 1 radical (unpaired) electrons. The third-order valence-corrected chi connectivity index (χ3v) is 2.13. The van der Waals surface area contributed by atoms with Crippen molar-refractivity contribution in [3.05, 3.63) is 6.92 Å². The van der Waals surface area contributed by atoms with Crippen molar-refractivity contribution in [3.8, 4) is 0 Å². The SMILES string of the molecule is [CH2]C(I)CC(F)(F)C(F)(F)C(F)(F)C(F)(F)F. The van der Waals surface area contributed by atoms with Gasteiger partial charge in [-0.1, -0.05) is 22.6 Å². The fourth-order valence-electron chi connectivity index (χ4n) is 0.814. The molecular formula is C7H5F9I. The topological polar surface area (TPSA) is 0 Å². The molecule has 0 amide bonds. The largest absolute Gasteiger partial charge is 0.460 e. The maximum Gasteiger partial charge on any atom is 0.460 e. The molecule has 103 valence electrons. The Labute approximate surface area is 104 Å². The van der Waals surface area contributed by atoms with Crippen LogP contribution in [0.2, 0.25) is 0 Å². The molecule has 0 heterocycles. The normalized spacial score (nSPS) is 17.1. The van der Waals surface area contributed by atoms with Gasteiger partial charge in [0.15, 0.2) is 0 Å². The molecule has 0 fully saturated rings. The van der Waals surface area contributed by atoms with Crippen LogP contribution in [0.1, 0.15) is 6.42 Å². The van der Waals surface area contributed by atoms with Gasteiger partial charge in [-0.05, 0) is 6.92 Å². The minimum atomic E-state index is -6.81. The van der Waals surface area contributed by atoms with Crippen molar-refractivity contribution in [3.63, 3.8) is 0 Å². The van der Waals surface area contributed by atoms with E-state index in [0.29, 0.717) is 0 Å². The first-order chi connectivity index (χ1) is 7.17. The third kappa shape index (κ3) is 3.11. The molecule has 0 saturated carbocycles. The van der Waals surface area contributed by atoms with Gasteiger partial charge in [0.2, 0.25) is 0 Å². The highest BCUT2D eigenvalue weighted by Crippen LogP contribution is 2.54. The average Bonchev–Trinajstić information content (AvgIpc) is 1.98. The summed E-state index contributed by atoms with van der Waals surface area (Å²) in [6.07, 6.45) is -8.66. The Balaban J connectivity index is 5.39. The second-order valence-electron chi connectivity index (χ2n) is 3.15. The molecule has 0 N–H and O–H groups in total. The molecule has 0 aromatic rings. The molecule has 0 aromatic carbocycles. The molecule has 1 atom stereocenters. The highest BCUT2D eigenvalue weighted by Gasteiger charge is 2.81. The third-order valence-electron chi connectivity index (χ3n) is 1.69. The average molecular weight is 387 g/mol. The molecule has 0 spiro atoms. The van der Waals surface area contributed by atoms with E-state index in [1.165, 1.54) is 0 Å². The molecule has 0 rings (SSSR count). The van der Waals surface area contributed by atoms with E-state index in [4.69, 9.17) is 0 Å². The van der Waals surface area contributed by atoms with Crippen LogP contribution in [-0.4, -0.2) is 27.9 Å². The van der Waals surface area contributed by atoms with Gasteiger partial charge in [0.05, 0.1) is 0 Å². The summed E-state index contributed by atoms with van der Waals surface area (Å²) in [6, 6.07) is 0. The summed E-state index contributed by atoms with van der Waals surface area (Å²) in [5.74, 6) is -18.9. The molecule has 0 aliphatic rings. The zero-order valence-corrected chi connectivity index (χ0v) is 9.93. The van der Waals surface area contributed by atoms with Crippen molar-refractivity contribution >= 4 is 22.6 Å². The summed E-state index contributed by atoms with van der Waals surface area (Å²) in [5, 5.41) is 0. The zero-order chi connectivity index (χ0) is 14.3. The number of alkyl halides is 10. The summed E-state index contributed by atoms with van der Waals surface area (Å²) in [7, 11) is 0. The number of hydrogen-bond donors (Lipinski definition) is 0. The summed E-state index contributed by atoms with van der Waals surface area (Å²) >= 11 is 1.11. The molecule has 0 nitrogen and oxygen atoms in total. The lowest BCUT2D eigenvalue weighted by Gasteiger charge is -2.34. The lowest BCUT2D eigenvalue weighted by Crippen LogP contribution is -2.61. The van der Waals surface area contributed by atoms with Crippen molar-refractivity contribution in [2.75, 3.05) is 0 Å². The Morgan fingerprint density at radius 2 is 1.18 bits per heavy atom. The van der Waals surface area contributed by atoms with Crippen LogP contribution in [0.5, 0.6) is 0 Å². The minimum Gasteiger partial charge on any atom is -0.200 e. The van der Waals surface area contributed by atoms with Gasteiger partial charge in [-0.25, -0.2) is 0 Å². The van der Waals surface area contributed by atoms with Crippen LogP contribution in [0.15, 0.2) is 0 Å². The molecule has 0 aliphatic heterocycles. The lowest BCUT2D eigenvalue weighted by molar-refractivity contribution is -0.396. The van der Waals surface area contributed by atoms with Gasteiger partial charge in [0.25, 0.3) is 0 Å². The highest BCUT2D eigenvalue weighted by molar-refractivity contribution is 14.1. The molecule has 1 unspecified atom stereocenters. The standard InChI is InChI=1S/C7H5F9I/c1-3(17)2-4(8,9)5(10,11)6(12,13)7(14,15)16/h3H,1-2H2. The van der Waals surface area contributed by atoms with Crippen molar-refractivity contribution in [2.24, 2.45) is 0 Å². The van der Waals surface area contributed by atoms with Crippen LogP contribution in [-0.2, 0) is 0 Å². The molecule has 10 heteroatoms. The van der Waals surface area contributed by atoms with Crippen LogP contribution in [0.3, 0.4) is 0 Å². The fraction of sp³-hybridized carbons (Fsp3) is 0.857. The van der Waals surface area contributed by atoms with Crippen molar-refractivity contribution in [2.45, 2.75) is 34.3 Å². The molecule has 0 saturated heterocycles. The quantitative estimate of drug-likeness (QED) is 0.379. The van der Waals surface area contributed by atoms with E-state index in [9.17, 15) is 39.5 Å². The second kappa shape index (κ2) is 4.65. The van der Waals surface area contributed by atoms with E-state index < -0.39 is 34.3 Å². The Bertz CT molecular complexity index is 267. The first-order valence-corrected chi connectivity index (χ1v) is 5.08. The zero-order valence-electron chi connectivity index (χ0n) is 7.77. The van der Waals surface area contributed by atoms with Gasteiger partial charge in [0.1, 0.15) is 0 Å². The maximum absolute atomic E-state index is 12.7. The molecule has 0 aromatic heterocycles. The molecule has 0 bridgehead atoms. The number of hydrogen-bond acceptors (Lipinski definition) is 0. The molecule has 17 heavy (non-hydrogen) atoms. The van der Waals surface area contributed by atoms with E-state index in [2.05, 4.69) is 6.92 Å². The summed E-state index contributed by atoms with van der Waals surface area (Å²) < 4.78 is 109. The smallest absolute Gasteiger partial charge is 0.200 e. The van der Waals surface area contributed by atoms with Gasteiger partial charge >= 0.3 is 23.9 Å². The Morgan fingerprint density at radius 1 is 0.824 bits per heavy atom. The van der Waals surface area contributed by atoms with E-state index in [1.54, 1.807) is 0 Å². The van der Waals surface area contributed by atoms with E-state index in [0.717, 1.165) is 22.6 Å². The number of halogens is 10. The van der Waals surface area contributed by atoms with Crippen molar-refractivity contribution < 1.29 is 39.5 Å².